The molecule has 0 radical (unpaired) electrons. The van der Waals surface area contributed by atoms with E-state index in [4.69, 9.17) is 14.0 Å². The van der Waals surface area contributed by atoms with Gasteiger partial charge in [-0.15, -0.1) is 0 Å². The van der Waals surface area contributed by atoms with Gasteiger partial charge < -0.3 is 23.7 Å². The van der Waals surface area contributed by atoms with Crippen molar-refractivity contribution < 1.29 is 23.7 Å². The van der Waals surface area contributed by atoms with Gasteiger partial charge in [0.2, 0.25) is 7.57 Å². The predicted molar refractivity (Wildman–Crippen MR) is 62.0 cm³/mol. The van der Waals surface area contributed by atoms with Crippen LogP contribution >= 0.6 is 7.25 Å². The van der Waals surface area contributed by atoms with Crippen molar-refractivity contribution in [3.63, 3.8) is 0 Å². The standard InChI is InChI=1S/C7H17B2O5P/c1-12-3-4-6(14-15(2,9)11)5(10)7(8)13-4/h4-7,10H,3,8-9H2,1-2H3/t4-,5+,6?,7-,15?/m1/s1. The molecule has 1 heterocycles. The van der Waals surface area contributed by atoms with Gasteiger partial charge in [-0.05, 0) is 0 Å². The van der Waals surface area contributed by atoms with Crippen LogP contribution in [0.5, 0.6) is 0 Å². The second kappa shape index (κ2) is 5.02. The van der Waals surface area contributed by atoms with E-state index in [9.17, 15) is 9.67 Å². The summed E-state index contributed by atoms with van der Waals surface area (Å²) < 4.78 is 27.3. The molecule has 0 aromatic rings. The largest absolute Gasteiger partial charge is 0.388 e. The van der Waals surface area contributed by atoms with Gasteiger partial charge in [-0.1, -0.05) is 0 Å². The van der Waals surface area contributed by atoms with Crippen molar-refractivity contribution in [1.29, 1.82) is 0 Å². The van der Waals surface area contributed by atoms with Crippen molar-refractivity contribution >= 4 is 22.7 Å². The molecule has 0 saturated carbocycles. The maximum Gasteiger partial charge on any atom is 0.216 e. The monoisotopic (exact) mass is 234 g/mol. The number of aliphatic hydroxyl groups excluding tert-OH is 1. The van der Waals surface area contributed by atoms with Crippen molar-refractivity contribution in [3.05, 3.63) is 0 Å². The molecule has 1 aliphatic rings. The molecule has 0 aliphatic carbocycles. The van der Waals surface area contributed by atoms with E-state index in [0.29, 0.717) is 6.61 Å². The smallest absolute Gasteiger partial charge is 0.216 e. The first-order valence-electron chi connectivity index (χ1n) is 4.91. The average molecular weight is 234 g/mol. The Bertz CT molecular complexity index is 258. The van der Waals surface area contributed by atoms with Crippen LogP contribution in [-0.2, 0) is 18.6 Å². The van der Waals surface area contributed by atoms with Gasteiger partial charge in [-0.25, -0.2) is 0 Å². The van der Waals surface area contributed by atoms with E-state index in [1.54, 1.807) is 15.0 Å². The Labute approximate surface area is 91.7 Å². The normalized spacial score (nSPS) is 40.2. The van der Waals surface area contributed by atoms with Gasteiger partial charge in [-0.2, -0.15) is 0 Å². The van der Waals surface area contributed by atoms with Crippen LogP contribution in [0.2, 0.25) is 0 Å². The van der Waals surface area contributed by atoms with Gasteiger partial charge in [-0.3, -0.25) is 0 Å². The van der Waals surface area contributed by atoms with Crippen molar-refractivity contribution in [2.24, 2.45) is 0 Å². The number of methoxy groups -OCH3 is 1. The quantitative estimate of drug-likeness (QED) is 0.458. The Hall–Kier alpha value is 0.200. The van der Waals surface area contributed by atoms with E-state index >= 15 is 0 Å². The van der Waals surface area contributed by atoms with Crippen LogP contribution in [0.15, 0.2) is 0 Å². The highest BCUT2D eigenvalue weighted by Gasteiger charge is 2.43. The van der Waals surface area contributed by atoms with E-state index in [-0.39, 0.29) is 12.1 Å². The molecule has 0 spiro atoms. The van der Waals surface area contributed by atoms with E-state index < -0.39 is 19.5 Å². The van der Waals surface area contributed by atoms with E-state index in [0.717, 1.165) is 0 Å². The van der Waals surface area contributed by atoms with Crippen LogP contribution in [0.1, 0.15) is 0 Å². The van der Waals surface area contributed by atoms with Gasteiger partial charge in [0, 0.05) is 13.8 Å². The Morgan fingerprint density at radius 1 is 1.60 bits per heavy atom. The molecule has 1 saturated heterocycles. The molecule has 5 nitrogen and oxygen atoms in total. The average Bonchev–Trinajstić information content (AvgIpc) is 2.32. The number of hydrogen-bond donors (Lipinski definition) is 1. The highest BCUT2D eigenvalue weighted by atomic mass is 31.2. The highest BCUT2D eigenvalue weighted by Crippen LogP contribution is 2.41. The summed E-state index contributed by atoms with van der Waals surface area (Å²) in [6.45, 7) is 1.85. The number of ether oxygens (including phenoxy) is 2. The minimum Gasteiger partial charge on any atom is -0.388 e. The van der Waals surface area contributed by atoms with Crippen LogP contribution in [0, 0.1) is 0 Å². The van der Waals surface area contributed by atoms with Crippen molar-refractivity contribution in [2.75, 3.05) is 20.4 Å². The first-order chi connectivity index (χ1) is 6.85. The fraction of sp³-hybridized carbons (Fsp3) is 1.00. The third-order valence-electron chi connectivity index (χ3n) is 2.28. The summed E-state index contributed by atoms with van der Waals surface area (Å²) in [5.41, 5.74) is 0. The van der Waals surface area contributed by atoms with E-state index in [2.05, 4.69) is 0 Å². The molecular weight excluding hydrogens is 217 g/mol. The minimum absolute atomic E-state index is 0.318. The van der Waals surface area contributed by atoms with E-state index in [1.807, 2.05) is 0 Å². The molecule has 1 rings (SSSR count). The SMILES string of the molecule is B[C@@H]1O[C@H](COC)C(OP(B)(C)=O)[C@@H]1O. The number of rotatable bonds is 4. The van der Waals surface area contributed by atoms with Crippen LogP contribution < -0.4 is 0 Å². The first-order valence-corrected chi connectivity index (χ1v) is 7.43. The molecule has 2 unspecified atom stereocenters. The molecule has 1 N–H and O–H groups in total. The van der Waals surface area contributed by atoms with Gasteiger partial charge in [0.15, 0.2) is 0 Å². The van der Waals surface area contributed by atoms with Crippen LogP contribution in [0.25, 0.3) is 0 Å². The summed E-state index contributed by atoms with van der Waals surface area (Å²) in [6, 6.07) is -0.318. The molecule has 15 heavy (non-hydrogen) atoms. The zero-order valence-corrected chi connectivity index (χ0v) is 10.4. The maximum atomic E-state index is 11.5. The summed E-state index contributed by atoms with van der Waals surface area (Å²) in [6.07, 6.45) is -1.67. The summed E-state index contributed by atoms with van der Waals surface area (Å²) >= 11 is 0. The molecule has 86 valence electrons. The molecule has 0 aromatic carbocycles. The molecule has 1 fully saturated rings. The molecule has 0 bridgehead atoms. The summed E-state index contributed by atoms with van der Waals surface area (Å²) in [7, 11) is 2.19. The number of aliphatic hydroxyl groups is 1. The van der Waals surface area contributed by atoms with E-state index in [1.165, 1.54) is 14.2 Å². The van der Waals surface area contributed by atoms with Crippen LogP contribution in [0.3, 0.4) is 0 Å². The second-order valence-electron chi connectivity index (χ2n) is 4.15. The summed E-state index contributed by atoms with van der Waals surface area (Å²) in [5, 5.41) is 9.79. The predicted octanol–water partition coefficient (Wildman–Crippen LogP) is -1.81. The van der Waals surface area contributed by atoms with Gasteiger partial charge in [0.05, 0.1) is 12.6 Å². The molecule has 5 atom stereocenters. The molecule has 8 heteroatoms. The first kappa shape index (κ1) is 13.3. The highest BCUT2D eigenvalue weighted by molar-refractivity contribution is 7.82. The zero-order valence-electron chi connectivity index (χ0n) is 9.54. The fourth-order valence-electron chi connectivity index (χ4n) is 1.64. The third-order valence-corrected chi connectivity index (χ3v) is 3.03. The molecule has 0 aromatic heterocycles. The molecule has 0 amide bonds. The lowest BCUT2D eigenvalue weighted by Crippen LogP contribution is -2.36. The summed E-state index contributed by atoms with van der Waals surface area (Å²) in [5.74, 6) is 0. The Kier molecular flexibility index (Phi) is 4.44. The van der Waals surface area contributed by atoms with Gasteiger partial charge in [0.1, 0.15) is 33.4 Å². The zero-order chi connectivity index (χ0) is 11.6. The lowest BCUT2D eigenvalue weighted by Gasteiger charge is -2.22. The van der Waals surface area contributed by atoms with Crippen LogP contribution in [0.4, 0.5) is 0 Å². The second-order valence-corrected chi connectivity index (χ2v) is 6.86. The van der Waals surface area contributed by atoms with Gasteiger partial charge in [0.25, 0.3) is 0 Å². The van der Waals surface area contributed by atoms with Crippen molar-refractivity contribution in [3.8, 4) is 0 Å². The van der Waals surface area contributed by atoms with Crippen molar-refractivity contribution in [1.82, 2.24) is 0 Å². The Balaban J connectivity index is 2.68. The van der Waals surface area contributed by atoms with Gasteiger partial charge >= 0.3 is 0 Å². The lowest BCUT2D eigenvalue weighted by molar-refractivity contribution is -0.0100. The minimum atomic E-state index is -2.64. The van der Waals surface area contributed by atoms with Crippen LogP contribution in [-0.4, -0.2) is 65.2 Å². The Morgan fingerprint density at radius 3 is 2.67 bits per heavy atom. The lowest BCUT2D eigenvalue weighted by atomic mass is 9.93. The third kappa shape index (κ3) is 3.61. The molecule has 1 aliphatic heterocycles. The fourth-order valence-corrected chi connectivity index (χ4v) is 2.49. The maximum absolute atomic E-state index is 11.5. The Morgan fingerprint density at radius 2 is 2.20 bits per heavy atom. The topological polar surface area (TPSA) is 65.0 Å². The summed E-state index contributed by atoms with van der Waals surface area (Å²) in [4.78, 5) is 0. The number of hydrogen-bond acceptors (Lipinski definition) is 5. The van der Waals surface area contributed by atoms with Crippen molar-refractivity contribution in [2.45, 2.75) is 24.3 Å². The molecular formula is C7H17B2O5P.